The second-order valence-corrected chi connectivity index (χ2v) is 9.50. The summed E-state index contributed by atoms with van der Waals surface area (Å²) in [4.78, 5) is 40.7. The predicted molar refractivity (Wildman–Crippen MR) is 116 cm³/mol. The minimum Gasteiger partial charge on any atom is -0.465 e. The summed E-state index contributed by atoms with van der Waals surface area (Å²) in [6.07, 6.45) is -1.89. The molecule has 0 bridgehead atoms. The normalized spacial score (nSPS) is 19.1. The molecule has 2 atom stereocenters. The molecule has 0 aromatic carbocycles. The van der Waals surface area contributed by atoms with Gasteiger partial charge in [0.2, 0.25) is 12.1 Å². The smallest absolute Gasteiger partial charge is 0.419 e. The number of carbonyl (C=O) groups excluding carboxylic acids is 1. The van der Waals surface area contributed by atoms with Crippen LogP contribution in [0.15, 0.2) is 17.5 Å². The number of hydrogen-bond acceptors (Lipinski definition) is 7. The number of piperazine rings is 1. The molecule has 2 amide bonds. The van der Waals surface area contributed by atoms with Crippen LogP contribution in [-0.4, -0.2) is 76.5 Å². The van der Waals surface area contributed by atoms with Gasteiger partial charge in [0.05, 0.1) is 17.8 Å². The first-order chi connectivity index (χ1) is 15.9. The zero-order chi connectivity index (χ0) is 25.1. The van der Waals surface area contributed by atoms with Gasteiger partial charge in [-0.05, 0) is 18.8 Å². The van der Waals surface area contributed by atoms with E-state index < -0.39 is 35.4 Å². The molecule has 2 unspecified atom stereocenters. The van der Waals surface area contributed by atoms with Crippen LogP contribution in [-0.2, 0) is 15.8 Å². The molecule has 2 fully saturated rings. The maximum absolute atomic E-state index is 13.2. The molecule has 2 heterocycles. The minimum absolute atomic E-state index is 0.172. The van der Waals surface area contributed by atoms with Gasteiger partial charge in [-0.25, -0.2) is 14.8 Å². The number of amides is 2. The number of aromatic nitrogens is 2. The van der Waals surface area contributed by atoms with Gasteiger partial charge < -0.3 is 25.1 Å². The standard InChI is InChI=1S/C21H29F3N6O4/c1-20(2,3)16(34-27-12-15(13-4-5-13)28-19(32)33)17(31)29-6-8-30(9-7-29)18-25-10-14(11-26-18)21(22,23)24/h10-13,15-16,28H,4-9H2,1-3H3,(H,32,33). The summed E-state index contributed by atoms with van der Waals surface area (Å²) in [5, 5.41) is 15.3. The van der Waals surface area contributed by atoms with Crippen molar-refractivity contribution in [3.8, 4) is 0 Å². The van der Waals surface area contributed by atoms with Crippen molar-refractivity contribution in [2.24, 2.45) is 16.5 Å². The van der Waals surface area contributed by atoms with Gasteiger partial charge in [0.15, 0.2) is 0 Å². The highest BCUT2D eigenvalue weighted by molar-refractivity contribution is 5.82. The van der Waals surface area contributed by atoms with E-state index in [-0.39, 0.29) is 17.8 Å². The number of nitrogens with one attached hydrogen (secondary N) is 1. The Balaban J connectivity index is 1.59. The van der Waals surface area contributed by atoms with Gasteiger partial charge in [0.25, 0.3) is 5.91 Å². The fraction of sp³-hybridized carbons (Fsp3) is 0.667. The Kier molecular flexibility index (Phi) is 7.51. The lowest BCUT2D eigenvalue weighted by Gasteiger charge is -2.38. The molecule has 0 radical (unpaired) electrons. The summed E-state index contributed by atoms with van der Waals surface area (Å²) >= 11 is 0. The van der Waals surface area contributed by atoms with Gasteiger partial charge in [0, 0.05) is 44.0 Å². The topological polar surface area (TPSA) is 120 Å². The fourth-order valence-electron chi connectivity index (χ4n) is 3.53. The Morgan fingerprint density at radius 2 is 1.76 bits per heavy atom. The van der Waals surface area contributed by atoms with Crippen LogP contribution in [0.5, 0.6) is 0 Å². The highest BCUT2D eigenvalue weighted by Gasteiger charge is 2.39. The Labute approximate surface area is 195 Å². The molecule has 3 rings (SSSR count). The summed E-state index contributed by atoms with van der Waals surface area (Å²) in [6.45, 7) is 6.84. The van der Waals surface area contributed by atoms with E-state index in [1.54, 1.807) is 9.80 Å². The van der Waals surface area contributed by atoms with Crippen LogP contribution in [0.25, 0.3) is 0 Å². The molecule has 0 spiro atoms. The lowest BCUT2D eigenvalue weighted by molar-refractivity contribution is -0.151. The number of alkyl halides is 3. The van der Waals surface area contributed by atoms with Crippen LogP contribution in [0, 0.1) is 11.3 Å². The molecule has 1 aromatic heterocycles. The van der Waals surface area contributed by atoms with Gasteiger partial charge in [-0.2, -0.15) is 13.2 Å². The molecule has 1 aliphatic heterocycles. The lowest BCUT2D eigenvalue weighted by atomic mass is 9.88. The average molecular weight is 486 g/mol. The Morgan fingerprint density at radius 1 is 1.18 bits per heavy atom. The SMILES string of the molecule is CC(C)(C)C(ON=CC(NC(=O)O)C1CC1)C(=O)N1CCN(c2ncc(C(F)(F)F)cn2)CC1. The second kappa shape index (κ2) is 10.0. The molecule has 188 valence electrons. The monoisotopic (exact) mass is 486 g/mol. The number of anilines is 1. The van der Waals surface area contributed by atoms with Crippen molar-refractivity contribution in [2.45, 2.75) is 51.9 Å². The van der Waals surface area contributed by atoms with Gasteiger partial charge in [-0.1, -0.05) is 25.9 Å². The van der Waals surface area contributed by atoms with Crippen molar-refractivity contribution in [1.82, 2.24) is 20.2 Å². The maximum Gasteiger partial charge on any atom is 0.419 e. The number of oxime groups is 1. The number of hydrogen-bond donors (Lipinski definition) is 2. The van der Waals surface area contributed by atoms with Crippen molar-refractivity contribution in [3.63, 3.8) is 0 Å². The van der Waals surface area contributed by atoms with E-state index in [4.69, 9.17) is 9.94 Å². The van der Waals surface area contributed by atoms with Crippen LogP contribution in [0.3, 0.4) is 0 Å². The molecule has 10 nitrogen and oxygen atoms in total. The molecular formula is C21H29F3N6O4. The van der Waals surface area contributed by atoms with Crippen LogP contribution in [0.2, 0.25) is 0 Å². The van der Waals surface area contributed by atoms with Crippen molar-refractivity contribution in [1.29, 1.82) is 0 Å². The van der Waals surface area contributed by atoms with E-state index >= 15 is 0 Å². The summed E-state index contributed by atoms with van der Waals surface area (Å²) in [6, 6.07) is -0.472. The minimum atomic E-state index is -4.50. The third-order valence-electron chi connectivity index (χ3n) is 5.66. The lowest BCUT2D eigenvalue weighted by Crippen LogP contribution is -2.54. The van der Waals surface area contributed by atoms with Crippen LogP contribution >= 0.6 is 0 Å². The van der Waals surface area contributed by atoms with Gasteiger partial charge >= 0.3 is 12.3 Å². The average Bonchev–Trinajstić information content (AvgIpc) is 3.59. The first kappa shape index (κ1) is 25.5. The quantitative estimate of drug-likeness (QED) is 0.449. The van der Waals surface area contributed by atoms with Gasteiger partial charge in [-0.15, -0.1) is 0 Å². The number of rotatable bonds is 7. The van der Waals surface area contributed by atoms with Crippen molar-refractivity contribution in [3.05, 3.63) is 18.0 Å². The summed E-state index contributed by atoms with van der Waals surface area (Å²) in [7, 11) is 0. The second-order valence-electron chi connectivity index (χ2n) is 9.50. The van der Waals surface area contributed by atoms with Crippen LogP contribution < -0.4 is 10.2 Å². The molecular weight excluding hydrogens is 457 g/mol. The van der Waals surface area contributed by atoms with Crippen molar-refractivity contribution in [2.75, 3.05) is 31.1 Å². The van der Waals surface area contributed by atoms with Crippen LogP contribution in [0.4, 0.5) is 23.9 Å². The third kappa shape index (κ3) is 6.70. The molecule has 2 N–H and O–H groups in total. The summed E-state index contributed by atoms with van der Waals surface area (Å²) < 4.78 is 38.1. The third-order valence-corrected chi connectivity index (χ3v) is 5.66. The molecule has 1 aliphatic carbocycles. The number of carbonyl (C=O) groups is 2. The largest absolute Gasteiger partial charge is 0.465 e. The molecule has 13 heteroatoms. The van der Waals surface area contributed by atoms with Crippen molar-refractivity contribution < 1.29 is 32.7 Å². The fourth-order valence-corrected chi connectivity index (χ4v) is 3.53. The van der Waals surface area contributed by atoms with E-state index in [9.17, 15) is 22.8 Å². The van der Waals surface area contributed by atoms with Crippen molar-refractivity contribution >= 4 is 24.2 Å². The predicted octanol–water partition coefficient (Wildman–Crippen LogP) is 2.61. The molecule has 2 aliphatic rings. The zero-order valence-electron chi connectivity index (χ0n) is 19.2. The number of halogens is 3. The molecule has 1 aromatic rings. The summed E-state index contributed by atoms with van der Waals surface area (Å²) in [5.41, 5.74) is -1.50. The van der Waals surface area contributed by atoms with E-state index in [0.717, 1.165) is 25.2 Å². The Bertz CT molecular complexity index is 891. The highest BCUT2D eigenvalue weighted by atomic mass is 19.4. The first-order valence-corrected chi connectivity index (χ1v) is 11.0. The maximum atomic E-state index is 13.2. The summed E-state index contributed by atoms with van der Waals surface area (Å²) in [5.74, 6) is 0.0740. The Morgan fingerprint density at radius 3 is 2.24 bits per heavy atom. The zero-order valence-corrected chi connectivity index (χ0v) is 19.2. The van der Waals surface area contributed by atoms with Gasteiger partial charge in [-0.3, -0.25) is 4.79 Å². The number of carboxylic acid groups (broad SMARTS) is 1. The Hall–Kier alpha value is -3.12. The molecule has 34 heavy (non-hydrogen) atoms. The van der Waals surface area contributed by atoms with E-state index in [2.05, 4.69) is 20.4 Å². The van der Waals surface area contributed by atoms with Gasteiger partial charge in [0.1, 0.15) is 0 Å². The highest BCUT2D eigenvalue weighted by Crippen LogP contribution is 2.32. The molecule has 1 saturated carbocycles. The van der Waals surface area contributed by atoms with E-state index in [1.807, 2.05) is 20.8 Å². The van der Waals surface area contributed by atoms with Crippen LogP contribution in [0.1, 0.15) is 39.2 Å². The van der Waals surface area contributed by atoms with E-state index in [1.165, 1.54) is 6.21 Å². The first-order valence-electron chi connectivity index (χ1n) is 11.0. The number of nitrogens with zero attached hydrogens (tertiary/aromatic N) is 5. The van der Waals surface area contributed by atoms with E-state index in [0.29, 0.717) is 26.2 Å². The molecule has 1 saturated heterocycles.